The van der Waals surface area contributed by atoms with Gasteiger partial charge in [0.15, 0.2) is 0 Å². The Kier molecular flexibility index (Phi) is 4.69. The molecule has 5 heteroatoms. The molecule has 2 heterocycles. The van der Waals surface area contributed by atoms with E-state index in [1.165, 1.54) is 5.56 Å². The summed E-state index contributed by atoms with van der Waals surface area (Å²) in [6.45, 7) is 5.01. The first-order valence-corrected chi connectivity index (χ1v) is 8.25. The molecule has 0 radical (unpaired) electrons. The molecule has 0 aliphatic carbocycles. The molecule has 1 aromatic heterocycles. The molecule has 5 nitrogen and oxygen atoms in total. The van der Waals surface area contributed by atoms with Gasteiger partial charge in [0.05, 0.1) is 18.7 Å². The molecule has 1 aromatic carbocycles. The number of benzene rings is 1. The third-order valence-corrected chi connectivity index (χ3v) is 4.36. The van der Waals surface area contributed by atoms with Gasteiger partial charge in [0, 0.05) is 18.7 Å². The minimum Gasteiger partial charge on any atom is -0.467 e. The zero-order valence-corrected chi connectivity index (χ0v) is 14.0. The van der Waals surface area contributed by atoms with Crippen LogP contribution < -0.4 is 10.2 Å². The van der Waals surface area contributed by atoms with Crippen LogP contribution in [-0.4, -0.2) is 18.4 Å². The van der Waals surface area contributed by atoms with Crippen molar-refractivity contribution in [2.75, 3.05) is 11.4 Å². The topological polar surface area (TPSA) is 62.6 Å². The number of carbonyl (C=O) groups excluding carboxylic acids is 2. The lowest BCUT2D eigenvalue weighted by molar-refractivity contribution is -0.126. The Morgan fingerprint density at radius 3 is 2.88 bits per heavy atom. The maximum absolute atomic E-state index is 12.3. The van der Waals surface area contributed by atoms with E-state index in [1.54, 1.807) is 17.2 Å². The van der Waals surface area contributed by atoms with Crippen LogP contribution in [0.3, 0.4) is 0 Å². The lowest BCUT2D eigenvalue weighted by Gasteiger charge is -2.18. The van der Waals surface area contributed by atoms with Crippen molar-refractivity contribution < 1.29 is 14.0 Å². The summed E-state index contributed by atoms with van der Waals surface area (Å²) in [6, 6.07) is 11.6. The molecule has 1 saturated heterocycles. The van der Waals surface area contributed by atoms with Crippen LogP contribution in [0.4, 0.5) is 5.69 Å². The highest BCUT2D eigenvalue weighted by molar-refractivity contribution is 6.00. The summed E-state index contributed by atoms with van der Waals surface area (Å²) >= 11 is 0. The van der Waals surface area contributed by atoms with Gasteiger partial charge < -0.3 is 14.6 Å². The van der Waals surface area contributed by atoms with Crippen molar-refractivity contribution in [3.05, 3.63) is 54.0 Å². The Labute approximate surface area is 141 Å². The van der Waals surface area contributed by atoms with E-state index >= 15 is 0 Å². The smallest absolute Gasteiger partial charge is 0.227 e. The van der Waals surface area contributed by atoms with Crippen LogP contribution in [0.25, 0.3) is 0 Å². The summed E-state index contributed by atoms with van der Waals surface area (Å²) in [5.41, 5.74) is 2.05. The van der Waals surface area contributed by atoms with Gasteiger partial charge in [-0.25, -0.2) is 0 Å². The Hall–Kier alpha value is -2.56. The summed E-state index contributed by atoms with van der Waals surface area (Å²) in [5, 5.41) is 2.84. The van der Waals surface area contributed by atoms with Crippen LogP contribution in [0.5, 0.6) is 0 Å². The first kappa shape index (κ1) is 16.3. The average Bonchev–Trinajstić information content (AvgIpc) is 3.22. The van der Waals surface area contributed by atoms with Crippen LogP contribution in [0.2, 0.25) is 0 Å². The largest absolute Gasteiger partial charge is 0.467 e. The van der Waals surface area contributed by atoms with E-state index in [1.807, 2.05) is 24.3 Å². The van der Waals surface area contributed by atoms with Gasteiger partial charge in [-0.1, -0.05) is 26.0 Å². The van der Waals surface area contributed by atoms with E-state index in [0.29, 0.717) is 24.8 Å². The van der Waals surface area contributed by atoms with Gasteiger partial charge in [-0.05, 0) is 35.7 Å². The first-order valence-electron chi connectivity index (χ1n) is 8.25. The van der Waals surface area contributed by atoms with Crippen molar-refractivity contribution in [1.82, 2.24) is 5.32 Å². The van der Waals surface area contributed by atoms with Crippen LogP contribution in [0.15, 0.2) is 47.1 Å². The Morgan fingerprint density at radius 2 is 2.17 bits per heavy atom. The van der Waals surface area contributed by atoms with Gasteiger partial charge in [0.1, 0.15) is 5.76 Å². The highest BCUT2D eigenvalue weighted by atomic mass is 16.3. The Balaban J connectivity index is 1.64. The SMILES string of the molecule is CC(C)c1cccc(N2C[C@H](C(=O)NCc3ccco3)CC2=O)c1. The number of amides is 2. The van der Waals surface area contributed by atoms with E-state index in [-0.39, 0.29) is 24.2 Å². The van der Waals surface area contributed by atoms with Crippen molar-refractivity contribution in [2.24, 2.45) is 5.92 Å². The number of nitrogens with one attached hydrogen (secondary N) is 1. The third kappa shape index (κ3) is 3.50. The Morgan fingerprint density at radius 1 is 1.33 bits per heavy atom. The second kappa shape index (κ2) is 6.91. The van der Waals surface area contributed by atoms with Gasteiger partial charge in [0.2, 0.25) is 11.8 Å². The predicted molar refractivity (Wildman–Crippen MR) is 91.5 cm³/mol. The van der Waals surface area contributed by atoms with Gasteiger partial charge in [0.25, 0.3) is 0 Å². The molecule has 0 bridgehead atoms. The van der Waals surface area contributed by atoms with E-state index in [9.17, 15) is 9.59 Å². The van der Waals surface area contributed by atoms with E-state index < -0.39 is 0 Å². The second-order valence-electron chi connectivity index (χ2n) is 6.45. The summed E-state index contributed by atoms with van der Waals surface area (Å²) in [4.78, 5) is 26.3. The zero-order chi connectivity index (χ0) is 17.1. The molecule has 3 rings (SSSR count). The molecule has 2 aromatic rings. The fourth-order valence-corrected chi connectivity index (χ4v) is 2.92. The van der Waals surface area contributed by atoms with Crippen LogP contribution in [-0.2, 0) is 16.1 Å². The highest BCUT2D eigenvalue weighted by Gasteiger charge is 2.35. The fraction of sp³-hybridized carbons (Fsp3) is 0.368. The normalized spacial score (nSPS) is 17.5. The van der Waals surface area contributed by atoms with Crippen molar-refractivity contribution in [2.45, 2.75) is 32.7 Å². The van der Waals surface area contributed by atoms with Gasteiger partial charge in [-0.3, -0.25) is 9.59 Å². The second-order valence-corrected chi connectivity index (χ2v) is 6.45. The number of carbonyl (C=O) groups is 2. The molecule has 2 amide bonds. The van der Waals surface area contributed by atoms with E-state index in [4.69, 9.17) is 4.42 Å². The summed E-state index contributed by atoms with van der Waals surface area (Å²) in [7, 11) is 0. The number of hydrogen-bond donors (Lipinski definition) is 1. The van der Waals surface area contributed by atoms with Gasteiger partial charge in [-0.15, -0.1) is 0 Å². The summed E-state index contributed by atoms with van der Waals surface area (Å²) < 4.78 is 5.20. The number of hydrogen-bond acceptors (Lipinski definition) is 3. The molecule has 0 unspecified atom stereocenters. The number of anilines is 1. The first-order chi connectivity index (χ1) is 11.5. The Bertz CT molecular complexity index is 722. The summed E-state index contributed by atoms with van der Waals surface area (Å²) in [6.07, 6.45) is 1.82. The molecule has 1 N–H and O–H groups in total. The molecule has 1 fully saturated rings. The lowest BCUT2D eigenvalue weighted by atomic mass is 10.0. The molecule has 126 valence electrons. The zero-order valence-electron chi connectivity index (χ0n) is 14.0. The number of furan rings is 1. The molecule has 0 spiro atoms. The molecule has 0 saturated carbocycles. The average molecular weight is 326 g/mol. The molecule has 1 aliphatic heterocycles. The van der Waals surface area contributed by atoms with Crippen molar-refractivity contribution in [3.63, 3.8) is 0 Å². The van der Waals surface area contributed by atoms with Crippen LogP contribution in [0.1, 0.15) is 37.5 Å². The lowest BCUT2D eigenvalue weighted by Crippen LogP contribution is -2.32. The highest BCUT2D eigenvalue weighted by Crippen LogP contribution is 2.28. The standard InChI is InChI=1S/C19H22N2O3/c1-13(2)14-5-3-6-16(9-14)21-12-15(10-18(21)22)19(23)20-11-17-7-4-8-24-17/h3-9,13,15H,10-12H2,1-2H3,(H,20,23)/t15-/m1/s1. The monoisotopic (exact) mass is 326 g/mol. The van der Waals surface area contributed by atoms with Crippen LogP contribution in [0, 0.1) is 5.92 Å². The summed E-state index contributed by atoms with van der Waals surface area (Å²) in [5.74, 6) is 0.663. The molecule has 1 atom stereocenters. The van der Waals surface area contributed by atoms with Crippen molar-refractivity contribution in [3.8, 4) is 0 Å². The minimum atomic E-state index is -0.324. The molecule has 24 heavy (non-hydrogen) atoms. The minimum absolute atomic E-state index is 0.00550. The maximum atomic E-state index is 12.3. The van der Waals surface area contributed by atoms with Crippen molar-refractivity contribution in [1.29, 1.82) is 0 Å². The quantitative estimate of drug-likeness (QED) is 0.918. The van der Waals surface area contributed by atoms with Crippen molar-refractivity contribution >= 4 is 17.5 Å². The molecular weight excluding hydrogens is 304 g/mol. The third-order valence-electron chi connectivity index (χ3n) is 4.36. The van der Waals surface area contributed by atoms with Gasteiger partial charge >= 0.3 is 0 Å². The van der Waals surface area contributed by atoms with Gasteiger partial charge in [-0.2, -0.15) is 0 Å². The predicted octanol–water partition coefficient (Wildman–Crippen LogP) is 3.07. The molecular formula is C19H22N2O3. The molecule has 1 aliphatic rings. The van der Waals surface area contributed by atoms with E-state index in [2.05, 4.69) is 25.2 Å². The number of nitrogens with zero attached hydrogens (tertiary/aromatic N) is 1. The fourth-order valence-electron chi connectivity index (χ4n) is 2.92. The number of rotatable bonds is 5. The van der Waals surface area contributed by atoms with Crippen LogP contribution >= 0.6 is 0 Å². The maximum Gasteiger partial charge on any atom is 0.227 e. The van der Waals surface area contributed by atoms with E-state index in [0.717, 1.165) is 5.69 Å².